The average molecular weight is 228 g/mol. The third-order valence-corrected chi connectivity index (χ3v) is 2.21. The Kier molecular flexibility index (Phi) is 3.58. The number of amides is 1. The number of nitrogens with one attached hydrogen (secondary N) is 1. The lowest BCUT2D eigenvalue weighted by molar-refractivity contribution is -0.133. The first kappa shape index (κ1) is 11.9. The molecule has 15 heavy (non-hydrogen) atoms. The van der Waals surface area contributed by atoms with Gasteiger partial charge in [0, 0.05) is 12.1 Å². The average Bonchev–Trinajstić information content (AvgIpc) is 2.20. The van der Waals surface area contributed by atoms with Gasteiger partial charge in [0.15, 0.2) is 5.60 Å². The van der Waals surface area contributed by atoms with E-state index in [1.165, 1.54) is 0 Å². The minimum atomic E-state index is -0.886. The molecule has 0 aliphatic rings. The predicted octanol–water partition coefficient (Wildman–Crippen LogP) is 2.24. The quantitative estimate of drug-likeness (QED) is 0.860. The Labute approximate surface area is 94.4 Å². The predicted molar refractivity (Wildman–Crippen MR) is 60.2 cm³/mol. The number of ether oxygens (including phenoxy) is 1. The zero-order valence-electron chi connectivity index (χ0n) is 9.00. The summed E-state index contributed by atoms with van der Waals surface area (Å²) in [6, 6.07) is 6.90. The van der Waals surface area contributed by atoms with Gasteiger partial charge in [-0.3, -0.25) is 4.79 Å². The van der Waals surface area contributed by atoms with E-state index in [1.54, 1.807) is 45.2 Å². The highest BCUT2D eigenvalue weighted by Crippen LogP contribution is 2.20. The zero-order valence-corrected chi connectivity index (χ0v) is 9.76. The maximum atomic E-state index is 11.4. The monoisotopic (exact) mass is 227 g/mol. The van der Waals surface area contributed by atoms with E-state index in [0.717, 1.165) is 0 Å². The van der Waals surface area contributed by atoms with E-state index < -0.39 is 5.60 Å². The van der Waals surface area contributed by atoms with E-state index in [9.17, 15) is 4.79 Å². The molecule has 0 atom stereocenters. The van der Waals surface area contributed by atoms with Crippen LogP contribution in [-0.4, -0.2) is 18.6 Å². The summed E-state index contributed by atoms with van der Waals surface area (Å²) in [5.41, 5.74) is -0.886. The molecule has 0 unspecified atom stereocenters. The number of hydrogen-bond acceptors (Lipinski definition) is 2. The van der Waals surface area contributed by atoms with Crippen LogP contribution in [0.3, 0.4) is 0 Å². The van der Waals surface area contributed by atoms with E-state index in [1.807, 2.05) is 0 Å². The minimum absolute atomic E-state index is 0.169. The van der Waals surface area contributed by atoms with Crippen molar-refractivity contribution >= 4 is 17.5 Å². The highest BCUT2D eigenvalue weighted by molar-refractivity contribution is 6.30. The van der Waals surface area contributed by atoms with Gasteiger partial charge in [0.2, 0.25) is 0 Å². The molecule has 0 saturated heterocycles. The van der Waals surface area contributed by atoms with Crippen LogP contribution in [0.25, 0.3) is 0 Å². The molecule has 0 fully saturated rings. The summed E-state index contributed by atoms with van der Waals surface area (Å²) in [5.74, 6) is 0.449. The Morgan fingerprint density at radius 3 is 2.33 bits per heavy atom. The van der Waals surface area contributed by atoms with Crippen molar-refractivity contribution in [2.24, 2.45) is 0 Å². The van der Waals surface area contributed by atoms with E-state index in [0.29, 0.717) is 10.8 Å². The number of carbonyl (C=O) groups excluding carboxylic acids is 1. The molecule has 3 nitrogen and oxygen atoms in total. The topological polar surface area (TPSA) is 38.3 Å². The molecule has 0 aliphatic carbocycles. The smallest absolute Gasteiger partial charge is 0.263 e. The van der Waals surface area contributed by atoms with Crippen LogP contribution >= 0.6 is 11.6 Å². The molecule has 82 valence electrons. The fraction of sp³-hybridized carbons (Fsp3) is 0.364. The first-order chi connectivity index (χ1) is 6.95. The first-order valence-electron chi connectivity index (χ1n) is 4.62. The second kappa shape index (κ2) is 4.53. The maximum Gasteiger partial charge on any atom is 0.263 e. The molecule has 1 aromatic rings. The first-order valence-corrected chi connectivity index (χ1v) is 5.00. The minimum Gasteiger partial charge on any atom is -0.478 e. The van der Waals surface area contributed by atoms with Crippen LogP contribution in [0.1, 0.15) is 13.8 Å². The van der Waals surface area contributed by atoms with E-state index in [4.69, 9.17) is 16.3 Å². The Hall–Kier alpha value is -1.22. The van der Waals surface area contributed by atoms with Gasteiger partial charge in [-0.1, -0.05) is 11.6 Å². The fourth-order valence-electron chi connectivity index (χ4n) is 1.14. The molecule has 1 N–H and O–H groups in total. The summed E-state index contributed by atoms with van der Waals surface area (Å²) < 4.78 is 5.54. The van der Waals surface area contributed by atoms with Crippen molar-refractivity contribution in [1.29, 1.82) is 0 Å². The van der Waals surface area contributed by atoms with Crippen LogP contribution in [0.2, 0.25) is 5.02 Å². The van der Waals surface area contributed by atoms with Crippen molar-refractivity contribution in [2.75, 3.05) is 7.05 Å². The zero-order chi connectivity index (χ0) is 11.5. The molecule has 4 heteroatoms. The van der Waals surface area contributed by atoms with Crippen molar-refractivity contribution in [3.05, 3.63) is 29.3 Å². The number of likely N-dealkylation sites (N-methyl/N-ethyl adjacent to an activating group) is 1. The molecular weight excluding hydrogens is 214 g/mol. The van der Waals surface area contributed by atoms with Crippen LogP contribution in [0.4, 0.5) is 0 Å². The highest BCUT2D eigenvalue weighted by atomic mass is 35.5. The van der Waals surface area contributed by atoms with E-state index >= 15 is 0 Å². The summed E-state index contributed by atoms with van der Waals surface area (Å²) in [7, 11) is 1.58. The fourth-order valence-corrected chi connectivity index (χ4v) is 1.27. The molecule has 1 amide bonds. The molecule has 0 heterocycles. The van der Waals surface area contributed by atoms with Gasteiger partial charge in [-0.15, -0.1) is 0 Å². The molecule has 0 aliphatic heterocycles. The van der Waals surface area contributed by atoms with E-state index in [-0.39, 0.29) is 5.91 Å². The highest BCUT2D eigenvalue weighted by Gasteiger charge is 2.28. The third-order valence-electron chi connectivity index (χ3n) is 1.96. The molecule has 1 rings (SSSR count). The Morgan fingerprint density at radius 2 is 1.87 bits per heavy atom. The lowest BCUT2D eigenvalue weighted by Gasteiger charge is -2.24. The summed E-state index contributed by atoms with van der Waals surface area (Å²) in [6.07, 6.45) is 0. The Morgan fingerprint density at radius 1 is 1.33 bits per heavy atom. The van der Waals surface area contributed by atoms with Gasteiger partial charge in [-0.2, -0.15) is 0 Å². The van der Waals surface area contributed by atoms with Crippen molar-refractivity contribution < 1.29 is 9.53 Å². The molecular formula is C11H14ClNO2. The van der Waals surface area contributed by atoms with Gasteiger partial charge in [0.25, 0.3) is 5.91 Å². The largest absolute Gasteiger partial charge is 0.478 e. The SMILES string of the molecule is CNC(=O)C(C)(C)Oc1ccc(Cl)cc1. The standard InChI is InChI=1S/C11H14ClNO2/c1-11(2,10(14)13-3)15-9-6-4-8(12)5-7-9/h4-7H,1-3H3,(H,13,14). The van der Waals surface area contributed by atoms with Gasteiger partial charge >= 0.3 is 0 Å². The van der Waals surface area contributed by atoms with Crippen LogP contribution < -0.4 is 10.1 Å². The van der Waals surface area contributed by atoms with Crippen LogP contribution in [0.5, 0.6) is 5.75 Å². The lowest BCUT2D eigenvalue weighted by atomic mass is 10.1. The van der Waals surface area contributed by atoms with Gasteiger partial charge in [-0.25, -0.2) is 0 Å². The number of benzene rings is 1. The van der Waals surface area contributed by atoms with Gasteiger partial charge in [0.1, 0.15) is 5.75 Å². The number of rotatable bonds is 3. The molecule has 0 aromatic heterocycles. The molecule has 0 spiro atoms. The van der Waals surface area contributed by atoms with Crippen molar-refractivity contribution in [3.8, 4) is 5.75 Å². The maximum absolute atomic E-state index is 11.4. The van der Waals surface area contributed by atoms with Crippen molar-refractivity contribution in [3.63, 3.8) is 0 Å². The van der Waals surface area contributed by atoms with E-state index in [2.05, 4.69) is 5.32 Å². The summed E-state index contributed by atoms with van der Waals surface area (Å²) in [4.78, 5) is 11.4. The normalized spacial score (nSPS) is 10.9. The van der Waals surface area contributed by atoms with Gasteiger partial charge < -0.3 is 10.1 Å². The number of carbonyl (C=O) groups is 1. The Bertz CT molecular complexity index is 346. The Balaban J connectivity index is 2.77. The summed E-state index contributed by atoms with van der Waals surface area (Å²) in [6.45, 7) is 3.42. The van der Waals surface area contributed by atoms with Crippen LogP contribution in [0, 0.1) is 0 Å². The molecule has 0 radical (unpaired) electrons. The second-order valence-corrected chi connectivity index (χ2v) is 4.08. The van der Waals surface area contributed by atoms with Crippen molar-refractivity contribution in [2.45, 2.75) is 19.4 Å². The molecule has 0 saturated carbocycles. The summed E-state index contributed by atoms with van der Waals surface area (Å²) >= 11 is 5.74. The summed E-state index contributed by atoms with van der Waals surface area (Å²) in [5, 5.41) is 3.19. The third kappa shape index (κ3) is 3.13. The second-order valence-electron chi connectivity index (χ2n) is 3.65. The van der Waals surface area contributed by atoms with Crippen LogP contribution in [-0.2, 0) is 4.79 Å². The van der Waals surface area contributed by atoms with Crippen molar-refractivity contribution in [1.82, 2.24) is 5.32 Å². The van der Waals surface area contributed by atoms with Gasteiger partial charge in [-0.05, 0) is 38.1 Å². The number of hydrogen-bond donors (Lipinski definition) is 1. The molecule has 0 bridgehead atoms. The molecule has 1 aromatic carbocycles. The van der Waals surface area contributed by atoms with Crippen LogP contribution in [0.15, 0.2) is 24.3 Å². The van der Waals surface area contributed by atoms with Gasteiger partial charge in [0.05, 0.1) is 0 Å². The number of halogens is 1. The lowest BCUT2D eigenvalue weighted by Crippen LogP contribution is -2.45.